The highest BCUT2D eigenvalue weighted by Gasteiger charge is 2.22. The number of nitro groups is 1. The Balaban J connectivity index is 1.38. The maximum absolute atomic E-state index is 13.9. The Labute approximate surface area is 169 Å². The van der Waals surface area contributed by atoms with E-state index in [4.69, 9.17) is 0 Å². The number of thiazole rings is 1. The van der Waals surface area contributed by atoms with Crippen LogP contribution in [0, 0.1) is 15.9 Å². The first-order valence-corrected chi connectivity index (χ1v) is 9.84. The van der Waals surface area contributed by atoms with Gasteiger partial charge in [-0.25, -0.2) is 9.37 Å². The van der Waals surface area contributed by atoms with Crippen LogP contribution in [-0.2, 0) is 4.79 Å². The Morgan fingerprint density at radius 1 is 1.17 bits per heavy atom. The van der Waals surface area contributed by atoms with Crippen molar-refractivity contribution in [2.24, 2.45) is 0 Å². The molecule has 0 radical (unpaired) electrons. The summed E-state index contributed by atoms with van der Waals surface area (Å²) in [6, 6.07) is 11.0. The van der Waals surface area contributed by atoms with E-state index in [0.29, 0.717) is 37.3 Å². The lowest BCUT2D eigenvalue weighted by molar-refractivity contribution is -0.384. The number of carbonyl (C=O) groups excluding carboxylic acids is 1. The molecular weight excluding hydrogens is 395 g/mol. The molecule has 0 bridgehead atoms. The van der Waals surface area contributed by atoms with E-state index < -0.39 is 4.92 Å². The van der Waals surface area contributed by atoms with E-state index in [0.717, 1.165) is 9.83 Å². The minimum Gasteiger partial charge on any atom is -0.345 e. The van der Waals surface area contributed by atoms with E-state index in [1.807, 2.05) is 6.07 Å². The highest BCUT2D eigenvalue weighted by Crippen LogP contribution is 2.30. The third kappa shape index (κ3) is 4.09. The topological polar surface area (TPSA) is 79.6 Å². The number of nitro benzene ring substituents is 1. The number of rotatable bonds is 4. The lowest BCUT2D eigenvalue weighted by Crippen LogP contribution is -2.48. The molecule has 0 atom stereocenters. The number of benzene rings is 2. The normalized spacial score (nSPS) is 14.7. The van der Waals surface area contributed by atoms with E-state index in [2.05, 4.69) is 9.88 Å². The Bertz CT molecular complexity index is 1110. The zero-order chi connectivity index (χ0) is 20.4. The lowest BCUT2D eigenvalue weighted by Gasteiger charge is -2.34. The molecule has 0 N–H and O–H groups in total. The van der Waals surface area contributed by atoms with Crippen LogP contribution >= 0.6 is 11.3 Å². The summed E-state index contributed by atoms with van der Waals surface area (Å²) in [6.45, 7) is 2.27. The molecule has 2 aromatic carbocycles. The van der Waals surface area contributed by atoms with Crippen LogP contribution in [0.5, 0.6) is 0 Å². The van der Waals surface area contributed by atoms with E-state index in [-0.39, 0.29) is 17.4 Å². The molecule has 0 saturated carbocycles. The quantitative estimate of drug-likeness (QED) is 0.371. The number of hydrogen-bond acceptors (Lipinski definition) is 6. The van der Waals surface area contributed by atoms with Crippen molar-refractivity contribution in [1.82, 2.24) is 9.88 Å². The van der Waals surface area contributed by atoms with E-state index in [9.17, 15) is 19.3 Å². The van der Waals surface area contributed by atoms with Crippen LogP contribution in [0.15, 0.2) is 48.5 Å². The average Bonchev–Trinajstić information content (AvgIpc) is 3.18. The van der Waals surface area contributed by atoms with Gasteiger partial charge in [0.25, 0.3) is 5.69 Å². The number of halogens is 1. The van der Waals surface area contributed by atoms with Crippen LogP contribution in [0.1, 0.15) is 5.56 Å². The van der Waals surface area contributed by atoms with Crippen molar-refractivity contribution in [3.05, 3.63) is 70.0 Å². The molecule has 148 valence electrons. The van der Waals surface area contributed by atoms with Crippen molar-refractivity contribution >= 4 is 44.4 Å². The largest absolute Gasteiger partial charge is 0.345 e. The Morgan fingerprint density at radius 2 is 1.93 bits per heavy atom. The van der Waals surface area contributed by atoms with Gasteiger partial charge in [-0.05, 0) is 23.8 Å². The highest BCUT2D eigenvalue weighted by atomic mass is 32.1. The van der Waals surface area contributed by atoms with Crippen molar-refractivity contribution in [3.63, 3.8) is 0 Å². The number of nitrogens with zero attached hydrogens (tertiary/aromatic N) is 4. The molecule has 1 aliphatic rings. The molecule has 1 aliphatic heterocycles. The molecule has 0 unspecified atom stereocenters. The van der Waals surface area contributed by atoms with Crippen molar-refractivity contribution in [1.29, 1.82) is 0 Å². The Morgan fingerprint density at radius 3 is 2.66 bits per heavy atom. The Kier molecular flexibility index (Phi) is 5.22. The van der Waals surface area contributed by atoms with Gasteiger partial charge in [0.05, 0.1) is 9.62 Å². The minimum absolute atomic E-state index is 0.0134. The molecule has 1 aromatic heterocycles. The van der Waals surface area contributed by atoms with Crippen LogP contribution in [0.3, 0.4) is 0 Å². The fourth-order valence-electron chi connectivity index (χ4n) is 3.17. The molecular formula is C20H17FN4O3S. The highest BCUT2D eigenvalue weighted by molar-refractivity contribution is 7.22. The number of amides is 1. The second-order valence-corrected chi connectivity index (χ2v) is 7.59. The number of carbonyl (C=O) groups is 1. The first-order chi connectivity index (χ1) is 14.0. The van der Waals surface area contributed by atoms with E-state index in [1.54, 1.807) is 29.2 Å². The van der Waals surface area contributed by atoms with Crippen LogP contribution < -0.4 is 4.90 Å². The molecule has 7 nitrogen and oxygen atoms in total. The van der Waals surface area contributed by atoms with Crippen molar-refractivity contribution in [2.75, 3.05) is 31.1 Å². The summed E-state index contributed by atoms with van der Waals surface area (Å²) >= 11 is 1.44. The van der Waals surface area contributed by atoms with Gasteiger partial charge >= 0.3 is 0 Å². The predicted octanol–water partition coefficient (Wildman–Crippen LogP) is 3.71. The fourth-order valence-corrected chi connectivity index (χ4v) is 4.20. The standard InChI is InChI=1S/C20H17FN4O3S/c21-16-5-2-6-17-19(16)22-20(29-17)24-11-9-23(10-12-24)18(26)8-7-14-3-1-4-15(13-14)25(27)28/h1-8,13H,9-12H2/b8-7+. The first-order valence-electron chi connectivity index (χ1n) is 9.03. The lowest BCUT2D eigenvalue weighted by atomic mass is 10.2. The molecule has 29 heavy (non-hydrogen) atoms. The fraction of sp³-hybridized carbons (Fsp3) is 0.200. The van der Waals surface area contributed by atoms with E-state index in [1.165, 1.54) is 35.6 Å². The molecule has 4 rings (SSSR count). The molecule has 2 heterocycles. The second kappa shape index (κ2) is 7.96. The summed E-state index contributed by atoms with van der Waals surface area (Å²) in [4.78, 5) is 31.0. The van der Waals surface area contributed by atoms with Gasteiger partial charge in [-0.3, -0.25) is 14.9 Å². The molecule has 3 aromatic rings. The van der Waals surface area contributed by atoms with Gasteiger partial charge in [-0.1, -0.05) is 29.5 Å². The van der Waals surface area contributed by atoms with Crippen LogP contribution in [0.25, 0.3) is 16.3 Å². The Hall–Kier alpha value is -3.33. The van der Waals surface area contributed by atoms with E-state index >= 15 is 0 Å². The van der Waals surface area contributed by atoms with Gasteiger partial charge in [-0.2, -0.15) is 0 Å². The number of anilines is 1. The summed E-state index contributed by atoms with van der Waals surface area (Å²) in [5, 5.41) is 11.6. The zero-order valence-corrected chi connectivity index (χ0v) is 16.1. The average molecular weight is 412 g/mol. The molecule has 9 heteroatoms. The number of para-hydroxylation sites is 1. The summed E-state index contributed by atoms with van der Waals surface area (Å²) in [7, 11) is 0. The van der Waals surface area contributed by atoms with Crippen molar-refractivity contribution in [3.8, 4) is 0 Å². The molecule has 1 saturated heterocycles. The van der Waals surface area contributed by atoms with Crippen molar-refractivity contribution in [2.45, 2.75) is 0 Å². The van der Waals surface area contributed by atoms with Gasteiger partial charge in [-0.15, -0.1) is 0 Å². The molecule has 0 aliphatic carbocycles. The van der Waals surface area contributed by atoms with Crippen LogP contribution in [0.2, 0.25) is 0 Å². The molecule has 1 amide bonds. The van der Waals surface area contributed by atoms with Crippen LogP contribution in [0.4, 0.5) is 15.2 Å². The van der Waals surface area contributed by atoms with Crippen molar-refractivity contribution < 1.29 is 14.1 Å². The van der Waals surface area contributed by atoms with Crippen LogP contribution in [-0.4, -0.2) is 46.9 Å². The number of hydrogen-bond donors (Lipinski definition) is 0. The van der Waals surface area contributed by atoms with Gasteiger partial charge < -0.3 is 9.80 Å². The van der Waals surface area contributed by atoms with Gasteiger partial charge in [0.2, 0.25) is 5.91 Å². The smallest absolute Gasteiger partial charge is 0.270 e. The maximum atomic E-state index is 13.9. The molecule has 0 spiro atoms. The van der Waals surface area contributed by atoms with Gasteiger partial charge in [0, 0.05) is 44.4 Å². The monoisotopic (exact) mass is 412 g/mol. The summed E-state index contributed by atoms with van der Waals surface area (Å²) in [5.41, 5.74) is 0.967. The third-order valence-corrected chi connectivity index (χ3v) is 5.80. The maximum Gasteiger partial charge on any atom is 0.270 e. The third-order valence-electron chi connectivity index (χ3n) is 4.72. The summed E-state index contributed by atoms with van der Waals surface area (Å²) in [6.07, 6.45) is 3.01. The number of fused-ring (bicyclic) bond motifs is 1. The minimum atomic E-state index is -0.466. The predicted molar refractivity (Wildman–Crippen MR) is 111 cm³/mol. The first kappa shape index (κ1) is 19.0. The molecule has 1 fully saturated rings. The SMILES string of the molecule is O=C(/C=C/c1cccc([N+](=O)[O-])c1)N1CCN(c2nc3c(F)cccc3s2)CC1. The summed E-state index contributed by atoms with van der Waals surface area (Å²) < 4.78 is 14.7. The van der Waals surface area contributed by atoms with Gasteiger partial charge in [0.1, 0.15) is 11.3 Å². The zero-order valence-electron chi connectivity index (χ0n) is 15.3. The number of piperazine rings is 1. The summed E-state index contributed by atoms with van der Waals surface area (Å²) in [5.74, 6) is -0.475. The van der Waals surface area contributed by atoms with Gasteiger partial charge in [0.15, 0.2) is 5.13 Å². The number of non-ortho nitro benzene ring substituents is 1. The number of aromatic nitrogens is 1. The second-order valence-electron chi connectivity index (χ2n) is 6.58.